The number of Topliss-reactive ketones (excluding diaryl/α,β-unsaturated/α-hetero) is 1. The van der Waals surface area contributed by atoms with Gasteiger partial charge >= 0.3 is 0 Å². The van der Waals surface area contributed by atoms with Gasteiger partial charge in [0.15, 0.2) is 5.78 Å². The first-order chi connectivity index (χ1) is 15.0. The summed E-state index contributed by atoms with van der Waals surface area (Å²) in [4.78, 5) is 15.9. The van der Waals surface area contributed by atoms with Crippen molar-refractivity contribution in [3.63, 3.8) is 0 Å². The van der Waals surface area contributed by atoms with E-state index in [1.807, 2.05) is 11.7 Å². The lowest BCUT2D eigenvalue weighted by Gasteiger charge is -2.58. The van der Waals surface area contributed by atoms with Crippen LogP contribution in [0.1, 0.15) is 74.7 Å². The van der Waals surface area contributed by atoms with Crippen molar-refractivity contribution in [2.24, 2.45) is 36.6 Å². The number of rotatable bonds is 7. The van der Waals surface area contributed by atoms with Crippen molar-refractivity contribution in [3.05, 3.63) is 11.8 Å². The molecule has 5 saturated carbocycles. The number of anilines is 1. The summed E-state index contributed by atoms with van der Waals surface area (Å²) in [6.45, 7) is 3.34. The van der Waals surface area contributed by atoms with E-state index in [-0.39, 0.29) is 5.78 Å². The number of piperidine rings is 1. The largest absolute Gasteiger partial charge is 0.390 e. The van der Waals surface area contributed by atoms with Gasteiger partial charge in [0.25, 0.3) is 0 Å². The van der Waals surface area contributed by atoms with E-state index in [2.05, 4.69) is 16.3 Å². The van der Waals surface area contributed by atoms with E-state index in [4.69, 9.17) is 5.10 Å². The Bertz CT molecular complexity index is 825. The molecule has 1 aliphatic heterocycles. The molecule has 0 aromatic carbocycles. The third-order valence-corrected chi connectivity index (χ3v) is 9.19. The monoisotopic (exact) mass is 426 g/mol. The van der Waals surface area contributed by atoms with Crippen molar-refractivity contribution in [2.45, 2.75) is 75.9 Å². The number of nitrogens with zero attached hydrogens (tertiary/aromatic N) is 3. The maximum atomic E-state index is 13.3. The normalized spacial score (nSPS) is 37.4. The number of aryl methyl sites for hydroxylation is 1. The highest BCUT2D eigenvalue weighted by molar-refractivity contribution is 5.95. The average Bonchev–Trinajstić information content (AvgIpc) is 3.50. The topological polar surface area (TPSA) is 70.4 Å². The van der Waals surface area contributed by atoms with E-state index in [0.29, 0.717) is 41.8 Å². The van der Waals surface area contributed by atoms with Gasteiger partial charge in [-0.05, 0) is 100 Å². The van der Waals surface area contributed by atoms with Crippen molar-refractivity contribution >= 4 is 11.6 Å². The summed E-state index contributed by atoms with van der Waals surface area (Å²) in [6, 6.07) is 2.70. The molecule has 0 radical (unpaired) electrons. The summed E-state index contributed by atoms with van der Waals surface area (Å²) in [5.41, 5.74) is 0.231. The number of hydrogen-bond donors (Lipinski definition) is 2. The molecule has 6 aliphatic rings. The van der Waals surface area contributed by atoms with Crippen LogP contribution < -0.4 is 10.2 Å². The first-order valence-electron chi connectivity index (χ1n) is 12.7. The third-order valence-electron chi connectivity index (χ3n) is 9.19. The zero-order valence-electron chi connectivity index (χ0n) is 18.9. The first kappa shape index (κ1) is 20.2. The van der Waals surface area contributed by atoms with Crippen molar-refractivity contribution < 1.29 is 9.90 Å². The summed E-state index contributed by atoms with van der Waals surface area (Å²) in [5.74, 6) is 4.28. The highest BCUT2D eigenvalue weighted by Crippen LogP contribution is 2.59. The molecule has 2 atom stereocenters. The fourth-order valence-corrected chi connectivity index (χ4v) is 7.76. The summed E-state index contributed by atoms with van der Waals surface area (Å²) in [5, 5.41) is 19.0. The van der Waals surface area contributed by atoms with Gasteiger partial charge in [-0.15, -0.1) is 0 Å². The van der Waals surface area contributed by atoms with Crippen LogP contribution in [0, 0.1) is 29.6 Å². The van der Waals surface area contributed by atoms with E-state index < -0.39 is 5.60 Å². The molecule has 5 aliphatic carbocycles. The molecule has 6 heteroatoms. The Balaban J connectivity index is 1.16. The van der Waals surface area contributed by atoms with E-state index >= 15 is 0 Å². The van der Waals surface area contributed by atoms with Gasteiger partial charge in [-0.1, -0.05) is 0 Å². The summed E-state index contributed by atoms with van der Waals surface area (Å²) >= 11 is 0. The molecular weight excluding hydrogens is 388 g/mol. The minimum absolute atomic E-state index is 0.212. The third kappa shape index (κ3) is 3.84. The molecule has 31 heavy (non-hydrogen) atoms. The zero-order valence-corrected chi connectivity index (χ0v) is 18.9. The maximum absolute atomic E-state index is 13.3. The fourth-order valence-electron chi connectivity index (χ4n) is 7.76. The number of hydrogen-bond acceptors (Lipinski definition) is 5. The molecule has 6 fully saturated rings. The Hall–Kier alpha value is -1.40. The lowest BCUT2D eigenvalue weighted by atomic mass is 9.49. The predicted octanol–water partition coefficient (Wildman–Crippen LogP) is 3.15. The summed E-state index contributed by atoms with van der Waals surface area (Å²) in [7, 11) is 2.00. The smallest absolute Gasteiger partial charge is 0.183 e. The van der Waals surface area contributed by atoms with Crippen LogP contribution in [0.15, 0.2) is 6.07 Å². The van der Waals surface area contributed by atoms with Crippen LogP contribution >= 0.6 is 0 Å². The number of aliphatic hydroxyl groups is 1. The average molecular weight is 427 g/mol. The quantitative estimate of drug-likeness (QED) is 0.656. The van der Waals surface area contributed by atoms with E-state index in [1.54, 1.807) is 0 Å². The second-order valence-corrected chi connectivity index (χ2v) is 11.6. The van der Waals surface area contributed by atoms with Crippen LogP contribution in [0.25, 0.3) is 0 Å². The number of ketones is 1. The van der Waals surface area contributed by atoms with Gasteiger partial charge in [0.1, 0.15) is 11.5 Å². The molecule has 2 heterocycles. The molecule has 1 saturated heterocycles. The molecule has 1 aromatic heterocycles. The van der Waals surface area contributed by atoms with Gasteiger partial charge in [-0.25, -0.2) is 0 Å². The molecule has 4 bridgehead atoms. The minimum Gasteiger partial charge on any atom is -0.390 e. The molecule has 2 unspecified atom stereocenters. The highest BCUT2D eigenvalue weighted by atomic mass is 16.3. The van der Waals surface area contributed by atoms with Crippen molar-refractivity contribution in [2.75, 3.05) is 24.5 Å². The Morgan fingerprint density at radius 3 is 2.55 bits per heavy atom. The van der Waals surface area contributed by atoms with Crippen LogP contribution in [-0.2, 0) is 7.05 Å². The van der Waals surface area contributed by atoms with Crippen LogP contribution in [-0.4, -0.2) is 51.9 Å². The molecule has 7 rings (SSSR count). The zero-order chi connectivity index (χ0) is 21.2. The van der Waals surface area contributed by atoms with Crippen LogP contribution in [0.5, 0.6) is 0 Å². The van der Waals surface area contributed by atoms with Gasteiger partial charge in [-0.3, -0.25) is 9.48 Å². The fraction of sp³-hybridized carbons (Fsp3) is 0.840. The molecule has 2 N–H and O–H groups in total. The highest BCUT2D eigenvalue weighted by Gasteiger charge is 2.54. The minimum atomic E-state index is -0.423. The Kier molecular flexibility index (Phi) is 4.95. The standard InChI is InChI=1S/C25H38N4O2/c1-28-24(29(20-2-3-20)15-16-4-6-26-7-5-16)11-22(27-28)23(30)10-21-18-8-17-9-19(21)14-25(31,12-17)13-18/h11,16-21,26,31H,2-10,12-15H2,1H3. The Labute approximate surface area is 185 Å². The number of carbonyl (C=O) groups excluding carboxylic acids is 1. The summed E-state index contributed by atoms with van der Waals surface area (Å²) < 4.78 is 1.95. The second kappa shape index (κ2) is 7.58. The molecule has 0 spiro atoms. The Morgan fingerprint density at radius 1 is 1.19 bits per heavy atom. The molecule has 1 aromatic rings. The number of nitrogens with one attached hydrogen (secondary N) is 1. The van der Waals surface area contributed by atoms with Crippen LogP contribution in [0.4, 0.5) is 5.82 Å². The molecule has 0 amide bonds. The molecule has 170 valence electrons. The number of carbonyl (C=O) groups is 1. The lowest BCUT2D eigenvalue weighted by Crippen LogP contribution is -2.54. The van der Waals surface area contributed by atoms with E-state index in [0.717, 1.165) is 50.6 Å². The number of aromatic nitrogens is 2. The van der Waals surface area contributed by atoms with Crippen molar-refractivity contribution in [3.8, 4) is 0 Å². The van der Waals surface area contributed by atoms with Crippen LogP contribution in [0.3, 0.4) is 0 Å². The second-order valence-electron chi connectivity index (χ2n) is 11.6. The lowest BCUT2D eigenvalue weighted by molar-refractivity contribution is -0.151. The van der Waals surface area contributed by atoms with Gasteiger partial charge in [-0.2, -0.15) is 5.10 Å². The maximum Gasteiger partial charge on any atom is 0.183 e. The summed E-state index contributed by atoms with van der Waals surface area (Å²) in [6.07, 6.45) is 10.9. The van der Waals surface area contributed by atoms with Crippen LogP contribution in [0.2, 0.25) is 0 Å². The molecular formula is C25H38N4O2. The van der Waals surface area contributed by atoms with Gasteiger partial charge in [0.05, 0.1) is 5.60 Å². The van der Waals surface area contributed by atoms with Crippen molar-refractivity contribution in [1.29, 1.82) is 0 Å². The van der Waals surface area contributed by atoms with Gasteiger partial charge in [0, 0.05) is 32.1 Å². The van der Waals surface area contributed by atoms with Gasteiger partial charge < -0.3 is 15.3 Å². The first-order valence-corrected chi connectivity index (χ1v) is 12.7. The molecule has 6 nitrogen and oxygen atoms in total. The van der Waals surface area contributed by atoms with Gasteiger partial charge in [0.2, 0.25) is 0 Å². The SMILES string of the molecule is Cn1nc(C(=O)CC2C3CC4CC2CC(O)(C4)C3)cc1N(CC1CCNCC1)C1CC1. The van der Waals surface area contributed by atoms with E-state index in [9.17, 15) is 9.90 Å². The Morgan fingerprint density at radius 2 is 1.90 bits per heavy atom. The van der Waals surface area contributed by atoms with E-state index in [1.165, 1.54) is 38.5 Å². The van der Waals surface area contributed by atoms with Crippen molar-refractivity contribution in [1.82, 2.24) is 15.1 Å². The predicted molar refractivity (Wildman–Crippen MR) is 120 cm³/mol.